The number of halogens is 3. The SMILES string of the molecule is C=C/C(=C\C=C(C)C)c1cc2c(NC3CCS(=O)CC3)cccc2n1CC(F)(F)F. The third kappa shape index (κ3) is 5.45. The van der Waals surface area contributed by atoms with Gasteiger partial charge in [-0.05, 0) is 50.5 Å². The summed E-state index contributed by atoms with van der Waals surface area (Å²) in [6, 6.07) is 7.35. The molecule has 2 heterocycles. The molecule has 2 aromatic rings. The molecule has 1 N–H and O–H groups in total. The summed E-state index contributed by atoms with van der Waals surface area (Å²) in [5.74, 6) is 1.31. The van der Waals surface area contributed by atoms with Crippen molar-refractivity contribution in [1.82, 2.24) is 4.57 Å². The predicted octanol–water partition coefficient (Wildman–Crippen LogP) is 6.06. The topological polar surface area (TPSA) is 34.0 Å². The van der Waals surface area contributed by atoms with Gasteiger partial charge in [-0.2, -0.15) is 13.2 Å². The van der Waals surface area contributed by atoms with E-state index >= 15 is 0 Å². The third-order valence-electron chi connectivity index (χ3n) is 5.14. The molecule has 1 aliphatic rings. The maximum atomic E-state index is 13.4. The predicted molar refractivity (Wildman–Crippen MR) is 120 cm³/mol. The van der Waals surface area contributed by atoms with Crippen molar-refractivity contribution < 1.29 is 17.4 Å². The van der Waals surface area contributed by atoms with Gasteiger partial charge in [-0.3, -0.25) is 4.21 Å². The number of fused-ring (bicyclic) bond motifs is 1. The second-order valence-corrected chi connectivity index (χ2v) is 9.50. The van der Waals surface area contributed by atoms with Crippen LogP contribution in [0, 0.1) is 0 Å². The van der Waals surface area contributed by atoms with Crippen molar-refractivity contribution >= 4 is 33.0 Å². The van der Waals surface area contributed by atoms with Crippen LogP contribution in [0.4, 0.5) is 18.9 Å². The Morgan fingerprint density at radius 1 is 1.27 bits per heavy atom. The van der Waals surface area contributed by atoms with Gasteiger partial charge in [0, 0.05) is 45.1 Å². The number of nitrogens with zero attached hydrogens (tertiary/aromatic N) is 1. The first kappa shape index (κ1) is 22.4. The minimum atomic E-state index is -4.35. The molecule has 0 radical (unpaired) electrons. The minimum Gasteiger partial charge on any atom is -0.382 e. The van der Waals surface area contributed by atoms with Crippen molar-refractivity contribution in [3.63, 3.8) is 0 Å². The molecule has 30 heavy (non-hydrogen) atoms. The summed E-state index contributed by atoms with van der Waals surface area (Å²) in [5, 5.41) is 4.21. The van der Waals surface area contributed by atoms with Gasteiger partial charge < -0.3 is 9.88 Å². The molecule has 0 aliphatic carbocycles. The Bertz CT molecular complexity index is 1000. The highest BCUT2D eigenvalue weighted by Gasteiger charge is 2.30. The Morgan fingerprint density at radius 2 is 1.97 bits per heavy atom. The maximum absolute atomic E-state index is 13.4. The molecule has 7 heteroatoms. The smallest absolute Gasteiger partial charge is 0.382 e. The average Bonchev–Trinajstić information content (AvgIpc) is 3.02. The fourth-order valence-corrected chi connectivity index (χ4v) is 4.97. The van der Waals surface area contributed by atoms with Crippen LogP contribution in [0.1, 0.15) is 32.4 Å². The monoisotopic (exact) mass is 436 g/mol. The summed E-state index contributed by atoms with van der Waals surface area (Å²) in [7, 11) is -0.764. The van der Waals surface area contributed by atoms with Gasteiger partial charge in [-0.15, -0.1) is 0 Å². The lowest BCUT2D eigenvalue weighted by atomic mass is 10.1. The Morgan fingerprint density at radius 3 is 2.57 bits per heavy atom. The van der Waals surface area contributed by atoms with Crippen LogP contribution in [0.25, 0.3) is 16.5 Å². The highest BCUT2D eigenvalue weighted by atomic mass is 32.2. The zero-order valence-corrected chi connectivity index (χ0v) is 18.1. The Hall–Kier alpha value is -2.28. The molecule has 0 unspecified atom stereocenters. The van der Waals surface area contributed by atoms with Crippen molar-refractivity contribution in [2.24, 2.45) is 0 Å². The van der Waals surface area contributed by atoms with Crippen LogP contribution in [0.3, 0.4) is 0 Å². The summed E-state index contributed by atoms with van der Waals surface area (Å²) in [4.78, 5) is 0. The molecule has 1 aliphatic heterocycles. The van der Waals surface area contributed by atoms with E-state index in [9.17, 15) is 17.4 Å². The van der Waals surface area contributed by atoms with E-state index in [1.807, 2.05) is 26.0 Å². The average molecular weight is 437 g/mol. The molecule has 162 valence electrons. The highest BCUT2D eigenvalue weighted by Crippen LogP contribution is 2.34. The van der Waals surface area contributed by atoms with Gasteiger partial charge in [0.25, 0.3) is 0 Å². The van der Waals surface area contributed by atoms with Gasteiger partial charge in [0.05, 0.1) is 5.52 Å². The van der Waals surface area contributed by atoms with Gasteiger partial charge in [0.2, 0.25) is 0 Å². The van der Waals surface area contributed by atoms with Crippen LogP contribution < -0.4 is 5.32 Å². The van der Waals surface area contributed by atoms with Crippen LogP contribution in [-0.4, -0.2) is 32.5 Å². The maximum Gasteiger partial charge on any atom is 0.406 e. The normalized spacial score (nSPS) is 20.2. The van der Waals surface area contributed by atoms with Gasteiger partial charge in [0.1, 0.15) is 6.54 Å². The second kappa shape index (κ2) is 9.25. The molecule has 1 aromatic heterocycles. The highest BCUT2D eigenvalue weighted by molar-refractivity contribution is 7.85. The largest absolute Gasteiger partial charge is 0.406 e. The van der Waals surface area contributed by atoms with Crippen molar-refractivity contribution in [3.05, 3.63) is 60.3 Å². The van der Waals surface area contributed by atoms with E-state index in [4.69, 9.17) is 0 Å². The van der Waals surface area contributed by atoms with E-state index in [0.717, 1.165) is 29.5 Å². The Labute approximate surface area is 177 Å². The number of rotatable bonds is 6. The fourth-order valence-electron chi connectivity index (χ4n) is 3.67. The molecule has 0 bridgehead atoms. The van der Waals surface area contributed by atoms with Gasteiger partial charge in [-0.1, -0.05) is 36.4 Å². The summed E-state index contributed by atoms with van der Waals surface area (Å²) >= 11 is 0. The number of hydrogen-bond donors (Lipinski definition) is 1. The summed E-state index contributed by atoms with van der Waals surface area (Å²) < 4.78 is 53.1. The minimum absolute atomic E-state index is 0.169. The molecule has 3 nitrogen and oxygen atoms in total. The first-order valence-corrected chi connectivity index (χ1v) is 11.5. The van der Waals surface area contributed by atoms with E-state index in [2.05, 4.69) is 11.9 Å². The van der Waals surface area contributed by atoms with Gasteiger partial charge in [0.15, 0.2) is 0 Å². The van der Waals surface area contributed by atoms with Crippen LogP contribution in [-0.2, 0) is 17.3 Å². The van der Waals surface area contributed by atoms with Crippen LogP contribution in [0.5, 0.6) is 0 Å². The molecule has 0 spiro atoms. The quantitative estimate of drug-likeness (QED) is 0.558. The van der Waals surface area contributed by atoms with E-state index in [0.29, 0.717) is 28.3 Å². The molecule has 1 fully saturated rings. The van der Waals surface area contributed by atoms with Crippen molar-refractivity contribution in [2.75, 3.05) is 16.8 Å². The molecule has 1 saturated heterocycles. The number of anilines is 1. The Balaban J connectivity index is 2.09. The fraction of sp³-hybridized carbons (Fsp3) is 0.391. The number of aromatic nitrogens is 1. The van der Waals surface area contributed by atoms with Crippen LogP contribution in [0.2, 0.25) is 0 Å². The number of nitrogens with one attached hydrogen (secondary N) is 1. The summed E-state index contributed by atoms with van der Waals surface area (Å²) in [5.41, 5.74) is 3.49. The third-order valence-corrected chi connectivity index (χ3v) is 6.52. The first-order chi connectivity index (χ1) is 14.2. The molecule has 1 aromatic carbocycles. The van der Waals surface area contributed by atoms with E-state index in [1.165, 1.54) is 4.57 Å². The van der Waals surface area contributed by atoms with Crippen LogP contribution >= 0.6 is 0 Å². The van der Waals surface area contributed by atoms with Crippen molar-refractivity contribution in [3.8, 4) is 0 Å². The summed E-state index contributed by atoms with van der Waals surface area (Å²) in [6.07, 6.45) is 2.49. The van der Waals surface area contributed by atoms with Gasteiger partial charge in [-0.25, -0.2) is 0 Å². The first-order valence-electron chi connectivity index (χ1n) is 9.96. The lowest BCUT2D eigenvalue weighted by Gasteiger charge is -2.24. The van der Waals surface area contributed by atoms with Crippen molar-refractivity contribution in [2.45, 2.75) is 45.5 Å². The van der Waals surface area contributed by atoms with E-state index in [-0.39, 0.29) is 6.04 Å². The second-order valence-electron chi connectivity index (χ2n) is 7.81. The molecular weight excluding hydrogens is 409 g/mol. The number of hydrogen-bond acceptors (Lipinski definition) is 2. The zero-order valence-electron chi connectivity index (χ0n) is 17.3. The molecule has 0 saturated carbocycles. The van der Waals surface area contributed by atoms with E-state index < -0.39 is 23.5 Å². The van der Waals surface area contributed by atoms with Crippen molar-refractivity contribution in [1.29, 1.82) is 0 Å². The zero-order chi connectivity index (χ0) is 21.9. The number of allylic oxidation sites excluding steroid dienone is 5. The van der Waals surface area contributed by atoms with Gasteiger partial charge >= 0.3 is 6.18 Å². The molecular formula is C23H27F3N2OS. The molecule has 0 atom stereocenters. The number of benzene rings is 1. The lowest BCUT2D eigenvalue weighted by Crippen LogP contribution is -2.29. The number of alkyl halides is 3. The molecule has 0 amide bonds. The summed E-state index contributed by atoms with van der Waals surface area (Å²) in [6.45, 7) is 6.60. The Kier molecular flexibility index (Phi) is 6.91. The van der Waals surface area contributed by atoms with E-state index in [1.54, 1.807) is 30.4 Å². The lowest BCUT2D eigenvalue weighted by molar-refractivity contribution is -0.140. The molecule has 3 rings (SSSR count). The standard InChI is InChI=1S/C23H27F3N2OS/c1-4-17(9-8-16(2)3)22-14-19-20(27-18-10-12-30(29)13-11-18)6-5-7-21(19)28(22)15-23(24,25)26/h4-9,14,18,27H,1,10-13,15H2,2-3H3/b17-9+. The van der Waals surface area contributed by atoms with Crippen LogP contribution in [0.15, 0.2) is 54.6 Å².